The fraction of sp³-hybridized carbons (Fsp3) is 0.250. The fourth-order valence-corrected chi connectivity index (χ4v) is 4.15. The zero-order chi connectivity index (χ0) is 20.7. The third-order valence-corrected chi connectivity index (χ3v) is 5.74. The van der Waals surface area contributed by atoms with Crippen LogP contribution in [-0.2, 0) is 19.3 Å². The number of fused-ring (bicyclic) bond motifs is 1. The first-order valence-corrected chi connectivity index (χ1v) is 9.62. The molecule has 1 aliphatic carbocycles. The molecule has 29 heavy (non-hydrogen) atoms. The monoisotopic (exact) mass is 402 g/mol. The Morgan fingerprint density at radius 3 is 2.31 bits per heavy atom. The van der Waals surface area contributed by atoms with E-state index in [2.05, 4.69) is 0 Å². The molecular weight excluding hydrogens is 383 g/mol. The average Bonchev–Trinajstić information content (AvgIpc) is 2.70. The highest BCUT2D eigenvalue weighted by molar-refractivity contribution is 5.67. The molecule has 0 N–H and O–H groups in total. The second kappa shape index (κ2) is 7.62. The van der Waals surface area contributed by atoms with Gasteiger partial charge in [0.15, 0.2) is 11.6 Å². The van der Waals surface area contributed by atoms with Gasteiger partial charge >= 0.3 is 0 Å². The Morgan fingerprint density at radius 2 is 1.62 bits per heavy atom. The molecule has 0 spiro atoms. The first-order chi connectivity index (χ1) is 13.9. The number of hydrogen-bond donors (Lipinski definition) is 0. The summed E-state index contributed by atoms with van der Waals surface area (Å²) in [5.41, 5.74) is 1.88. The maximum absolute atomic E-state index is 15.1. The molecule has 0 nitrogen and oxygen atoms in total. The summed E-state index contributed by atoms with van der Waals surface area (Å²) in [6.45, 7) is 1.95. The second-order valence-electron chi connectivity index (χ2n) is 7.46. The first-order valence-electron chi connectivity index (χ1n) is 9.62. The average molecular weight is 402 g/mol. The molecule has 5 heteroatoms. The van der Waals surface area contributed by atoms with Crippen LogP contribution in [0.3, 0.4) is 0 Å². The van der Waals surface area contributed by atoms with E-state index < -0.39 is 23.3 Å². The molecule has 0 saturated heterocycles. The van der Waals surface area contributed by atoms with Crippen LogP contribution in [-0.4, -0.2) is 0 Å². The van der Waals surface area contributed by atoms with Crippen LogP contribution in [0.5, 0.6) is 0 Å². The molecule has 0 radical (unpaired) electrons. The molecule has 0 aliphatic heterocycles. The number of hydrogen-bond acceptors (Lipinski definition) is 0. The fourth-order valence-electron chi connectivity index (χ4n) is 4.15. The Labute approximate surface area is 166 Å². The van der Waals surface area contributed by atoms with Crippen LogP contribution in [0.15, 0.2) is 42.5 Å². The van der Waals surface area contributed by atoms with Crippen molar-refractivity contribution in [3.63, 3.8) is 0 Å². The van der Waals surface area contributed by atoms with Gasteiger partial charge in [0.25, 0.3) is 0 Å². The Balaban J connectivity index is 1.71. The predicted octanol–water partition coefficient (Wildman–Crippen LogP) is 6.88. The molecule has 0 saturated carbocycles. The minimum absolute atomic E-state index is 0.0509. The van der Waals surface area contributed by atoms with E-state index in [1.807, 2.05) is 13.0 Å². The summed E-state index contributed by atoms with van der Waals surface area (Å²) in [7, 11) is 0. The summed E-state index contributed by atoms with van der Waals surface area (Å²) in [6.07, 6.45) is 1.89. The van der Waals surface area contributed by atoms with Crippen molar-refractivity contribution in [3.8, 4) is 11.1 Å². The van der Waals surface area contributed by atoms with Crippen molar-refractivity contribution in [2.75, 3.05) is 0 Å². The van der Waals surface area contributed by atoms with E-state index in [0.717, 1.165) is 30.2 Å². The molecule has 150 valence electrons. The van der Waals surface area contributed by atoms with Gasteiger partial charge in [-0.2, -0.15) is 0 Å². The highest BCUT2D eigenvalue weighted by atomic mass is 19.2. The summed E-state index contributed by atoms with van der Waals surface area (Å²) in [5, 5.41) is 0. The highest BCUT2D eigenvalue weighted by Gasteiger charge is 2.28. The Morgan fingerprint density at radius 1 is 0.828 bits per heavy atom. The third-order valence-electron chi connectivity index (χ3n) is 5.74. The molecule has 3 aromatic rings. The Hall–Kier alpha value is -2.69. The molecule has 0 bridgehead atoms. The van der Waals surface area contributed by atoms with Crippen LogP contribution in [0.25, 0.3) is 11.1 Å². The van der Waals surface area contributed by atoms with Gasteiger partial charge in [-0.05, 0) is 83.7 Å². The van der Waals surface area contributed by atoms with Gasteiger partial charge in [-0.15, -0.1) is 0 Å². The van der Waals surface area contributed by atoms with Crippen LogP contribution < -0.4 is 0 Å². The quantitative estimate of drug-likeness (QED) is 0.419. The molecule has 0 fully saturated rings. The summed E-state index contributed by atoms with van der Waals surface area (Å²) >= 11 is 0. The second-order valence-corrected chi connectivity index (χ2v) is 7.46. The summed E-state index contributed by atoms with van der Waals surface area (Å²) in [5.74, 6) is -4.30. The predicted molar refractivity (Wildman–Crippen MR) is 102 cm³/mol. The molecule has 0 heterocycles. The van der Waals surface area contributed by atoms with E-state index in [4.69, 9.17) is 0 Å². The minimum Gasteiger partial charge on any atom is -0.207 e. The maximum Gasteiger partial charge on any atom is 0.159 e. The van der Waals surface area contributed by atoms with E-state index in [9.17, 15) is 17.6 Å². The number of rotatable bonds is 3. The van der Waals surface area contributed by atoms with Gasteiger partial charge in [0.2, 0.25) is 0 Å². The summed E-state index contributed by atoms with van der Waals surface area (Å²) < 4.78 is 71.1. The van der Waals surface area contributed by atoms with E-state index in [0.29, 0.717) is 36.0 Å². The van der Waals surface area contributed by atoms with Gasteiger partial charge in [0.1, 0.15) is 17.5 Å². The number of aryl methyl sites for hydroxylation is 1. The lowest BCUT2D eigenvalue weighted by Crippen LogP contribution is -2.17. The van der Waals surface area contributed by atoms with Crippen molar-refractivity contribution in [3.05, 3.63) is 93.8 Å². The van der Waals surface area contributed by atoms with Crippen molar-refractivity contribution in [1.29, 1.82) is 0 Å². The summed E-state index contributed by atoms with van der Waals surface area (Å²) in [6, 6.07) is 9.18. The smallest absolute Gasteiger partial charge is 0.159 e. The van der Waals surface area contributed by atoms with Crippen LogP contribution in [0.4, 0.5) is 22.0 Å². The van der Waals surface area contributed by atoms with Gasteiger partial charge in [-0.1, -0.05) is 25.1 Å². The first kappa shape index (κ1) is 19.6. The molecule has 3 aromatic carbocycles. The van der Waals surface area contributed by atoms with Gasteiger partial charge in [0, 0.05) is 0 Å². The molecule has 1 atom stereocenters. The molecule has 0 aromatic heterocycles. The molecule has 1 aliphatic rings. The lowest BCUT2D eigenvalue weighted by atomic mass is 9.78. The SMILES string of the molecule is CCc1ccc(C2CCc3c(cc(F)c(-c4ccc(F)c(F)c4)c3F)C2)c(F)c1. The van der Waals surface area contributed by atoms with Gasteiger partial charge < -0.3 is 0 Å². The molecule has 4 rings (SSSR count). The lowest BCUT2D eigenvalue weighted by Gasteiger charge is -2.27. The topological polar surface area (TPSA) is 0 Å². The van der Waals surface area contributed by atoms with Crippen molar-refractivity contribution >= 4 is 0 Å². The highest BCUT2D eigenvalue weighted by Crippen LogP contribution is 2.39. The molecule has 0 amide bonds. The Bertz CT molecular complexity index is 1090. The standard InChI is InChI=1S/C24H19F5/c1-2-13-3-6-17(20(26)9-13)14-4-7-18-16(10-14)12-22(28)23(24(18)29)15-5-8-19(25)21(27)11-15/h3,5-6,8-9,11-12,14H,2,4,7,10H2,1H3. The molecular formula is C24H19F5. The normalized spacial score (nSPS) is 16.0. The van der Waals surface area contributed by atoms with Gasteiger partial charge in [-0.25, -0.2) is 22.0 Å². The summed E-state index contributed by atoms with van der Waals surface area (Å²) in [4.78, 5) is 0. The zero-order valence-corrected chi connectivity index (χ0v) is 15.8. The maximum atomic E-state index is 15.1. The van der Waals surface area contributed by atoms with Crippen molar-refractivity contribution in [1.82, 2.24) is 0 Å². The van der Waals surface area contributed by atoms with Gasteiger partial charge in [0.05, 0.1) is 5.56 Å². The number of benzene rings is 3. The largest absolute Gasteiger partial charge is 0.207 e. The van der Waals surface area contributed by atoms with Gasteiger partial charge in [-0.3, -0.25) is 0 Å². The van der Waals surface area contributed by atoms with Crippen molar-refractivity contribution in [2.45, 2.75) is 38.5 Å². The third kappa shape index (κ3) is 3.54. The van der Waals surface area contributed by atoms with Crippen LogP contribution in [0.2, 0.25) is 0 Å². The number of halogens is 5. The lowest BCUT2D eigenvalue weighted by molar-refractivity contribution is 0.504. The van der Waals surface area contributed by atoms with Crippen LogP contribution in [0, 0.1) is 29.1 Å². The van der Waals surface area contributed by atoms with Crippen molar-refractivity contribution < 1.29 is 22.0 Å². The Kier molecular flexibility index (Phi) is 5.15. The van der Waals surface area contributed by atoms with E-state index >= 15 is 4.39 Å². The van der Waals surface area contributed by atoms with E-state index in [-0.39, 0.29) is 22.9 Å². The van der Waals surface area contributed by atoms with Crippen molar-refractivity contribution in [2.24, 2.45) is 0 Å². The van der Waals surface area contributed by atoms with Crippen LogP contribution >= 0.6 is 0 Å². The molecule has 1 unspecified atom stereocenters. The van der Waals surface area contributed by atoms with E-state index in [1.54, 1.807) is 6.07 Å². The zero-order valence-electron chi connectivity index (χ0n) is 15.8. The minimum atomic E-state index is -1.16. The van der Waals surface area contributed by atoms with E-state index in [1.165, 1.54) is 12.1 Å². The van der Waals surface area contributed by atoms with Crippen LogP contribution in [0.1, 0.15) is 41.5 Å².